The number of nitro groups is 1. The molecule has 3 aromatic rings. The van der Waals surface area contributed by atoms with Gasteiger partial charge in [0.15, 0.2) is 0 Å². The number of fused-ring (bicyclic) bond motifs is 3. The predicted octanol–water partition coefficient (Wildman–Crippen LogP) is 7.20. The molecule has 3 rings (SSSR count). The molecular weight excluding hydrogens is 326 g/mol. The standard InChI is InChI=1S/C22H27NO3/c1-4-5-6-7-10-15(2)16(3)18-13-19-17-11-8-9-12-21(17)26-22(19)14-20(18)23(24)25/h8-9,11-16H,4-7,10H2,1-3H3. The molecule has 0 radical (unpaired) electrons. The summed E-state index contributed by atoms with van der Waals surface area (Å²) in [4.78, 5) is 11.4. The SMILES string of the molecule is CCCCCCC(C)C(C)c1cc2c(cc1[N+](=O)[O-])oc1ccccc12. The van der Waals surface area contributed by atoms with Gasteiger partial charge in [0.05, 0.1) is 11.0 Å². The van der Waals surface area contributed by atoms with E-state index in [1.165, 1.54) is 25.7 Å². The Morgan fingerprint density at radius 2 is 1.81 bits per heavy atom. The molecule has 0 aliphatic carbocycles. The fraction of sp³-hybridized carbons (Fsp3) is 0.455. The summed E-state index contributed by atoms with van der Waals surface area (Å²) in [5.41, 5.74) is 2.35. The Labute approximate surface area is 154 Å². The van der Waals surface area contributed by atoms with Crippen LogP contribution in [0.4, 0.5) is 5.69 Å². The number of benzene rings is 2. The first-order valence-electron chi connectivity index (χ1n) is 9.62. The lowest BCUT2D eigenvalue weighted by Gasteiger charge is -2.20. The van der Waals surface area contributed by atoms with Crippen LogP contribution in [0.3, 0.4) is 0 Å². The Balaban J connectivity index is 1.98. The van der Waals surface area contributed by atoms with E-state index in [4.69, 9.17) is 4.42 Å². The largest absolute Gasteiger partial charge is 0.456 e. The second-order valence-electron chi connectivity index (χ2n) is 7.38. The summed E-state index contributed by atoms with van der Waals surface area (Å²) in [5, 5.41) is 13.7. The predicted molar refractivity (Wildman–Crippen MR) is 107 cm³/mol. The maximum Gasteiger partial charge on any atom is 0.276 e. The summed E-state index contributed by atoms with van der Waals surface area (Å²) in [6.07, 6.45) is 6.00. The monoisotopic (exact) mass is 353 g/mol. The molecule has 0 aliphatic heterocycles. The molecule has 4 heteroatoms. The minimum atomic E-state index is -0.276. The van der Waals surface area contributed by atoms with Crippen LogP contribution in [0.5, 0.6) is 0 Å². The molecule has 0 spiro atoms. The second kappa shape index (κ2) is 7.90. The number of rotatable bonds is 8. The average molecular weight is 353 g/mol. The fourth-order valence-electron chi connectivity index (χ4n) is 3.75. The highest BCUT2D eigenvalue weighted by Gasteiger charge is 2.25. The van der Waals surface area contributed by atoms with E-state index in [1.807, 2.05) is 30.3 Å². The first kappa shape index (κ1) is 18.4. The number of nitro benzene ring substituents is 1. The van der Waals surface area contributed by atoms with Gasteiger partial charge in [0.1, 0.15) is 11.2 Å². The summed E-state index contributed by atoms with van der Waals surface area (Å²) in [6, 6.07) is 11.4. The minimum absolute atomic E-state index is 0.134. The highest BCUT2D eigenvalue weighted by molar-refractivity contribution is 6.05. The van der Waals surface area contributed by atoms with Gasteiger partial charge >= 0.3 is 0 Å². The van der Waals surface area contributed by atoms with Crippen LogP contribution in [0.25, 0.3) is 21.9 Å². The van der Waals surface area contributed by atoms with Crippen molar-refractivity contribution in [1.82, 2.24) is 0 Å². The zero-order chi connectivity index (χ0) is 18.7. The number of furan rings is 1. The Morgan fingerprint density at radius 1 is 1.04 bits per heavy atom. The van der Waals surface area contributed by atoms with E-state index in [-0.39, 0.29) is 16.5 Å². The summed E-state index contributed by atoms with van der Waals surface area (Å²) in [7, 11) is 0. The van der Waals surface area contributed by atoms with E-state index in [9.17, 15) is 10.1 Å². The molecule has 0 bridgehead atoms. The molecule has 0 aliphatic rings. The number of para-hydroxylation sites is 1. The van der Waals surface area contributed by atoms with Crippen molar-refractivity contribution in [3.63, 3.8) is 0 Å². The van der Waals surface area contributed by atoms with E-state index in [0.717, 1.165) is 28.3 Å². The zero-order valence-corrected chi connectivity index (χ0v) is 15.8. The second-order valence-corrected chi connectivity index (χ2v) is 7.38. The normalized spacial score (nSPS) is 14.0. The maximum absolute atomic E-state index is 11.7. The van der Waals surface area contributed by atoms with E-state index >= 15 is 0 Å². The highest BCUT2D eigenvalue weighted by atomic mass is 16.6. The Morgan fingerprint density at radius 3 is 2.54 bits per heavy atom. The molecule has 0 N–H and O–H groups in total. The quantitative estimate of drug-likeness (QED) is 0.244. The first-order chi connectivity index (χ1) is 12.5. The smallest absolute Gasteiger partial charge is 0.276 e. The van der Waals surface area contributed by atoms with Gasteiger partial charge < -0.3 is 4.42 Å². The van der Waals surface area contributed by atoms with Gasteiger partial charge in [0.2, 0.25) is 0 Å². The van der Waals surface area contributed by atoms with Gasteiger partial charge in [-0.3, -0.25) is 10.1 Å². The van der Waals surface area contributed by atoms with Crippen LogP contribution in [0.1, 0.15) is 64.4 Å². The molecule has 0 saturated heterocycles. The van der Waals surface area contributed by atoms with Crippen LogP contribution in [0, 0.1) is 16.0 Å². The van der Waals surface area contributed by atoms with E-state index in [0.29, 0.717) is 11.5 Å². The number of hydrogen-bond acceptors (Lipinski definition) is 3. The molecule has 1 aromatic heterocycles. The van der Waals surface area contributed by atoms with Gasteiger partial charge in [-0.05, 0) is 24.0 Å². The van der Waals surface area contributed by atoms with Gasteiger partial charge in [-0.1, -0.05) is 71.1 Å². The molecule has 2 unspecified atom stereocenters. The number of unbranched alkanes of at least 4 members (excludes halogenated alkanes) is 3. The number of nitrogens with zero attached hydrogens (tertiary/aromatic N) is 1. The Kier molecular flexibility index (Phi) is 5.60. The van der Waals surface area contributed by atoms with Gasteiger partial charge in [-0.15, -0.1) is 0 Å². The van der Waals surface area contributed by atoms with Crippen molar-refractivity contribution in [2.45, 2.75) is 58.8 Å². The summed E-state index contributed by atoms with van der Waals surface area (Å²) in [5.74, 6) is 0.538. The lowest BCUT2D eigenvalue weighted by Crippen LogP contribution is -2.09. The zero-order valence-electron chi connectivity index (χ0n) is 15.8. The number of hydrogen-bond donors (Lipinski definition) is 0. The summed E-state index contributed by atoms with van der Waals surface area (Å²) < 4.78 is 5.83. The van der Waals surface area contributed by atoms with Crippen LogP contribution in [-0.4, -0.2) is 4.92 Å². The van der Waals surface area contributed by atoms with Crippen molar-refractivity contribution in [2.75, 3.05) is 0 Å². The molecule has 0 amide bonds. The minimum Gasteiger partial charge on any atom is -0.456 e. The van der Waals surface area contributed by atoms with Crippen LogP contribution in [0.2, 0.25) is 0 Å². The Bertz CT molecular complexity index is 912. The van der Waals surface area contributed by atoms with Crippen LogP contribution < -0.4 is 0 Å². The van der Waals surface area contributed by atoms with Crippen LogP contribution >= 0.6 is 0 Å². The maximum atomic E-state index is 11.7. The van der Waals surface area contributed by atoms with Gasteiger partial charge in [-0.25, -0.2) is 0 Å². The fourth-order valence-corrected chi connectivity index (χ4v) is 3.75. The molecule has 0 fully saturated rings. The third-order valence-corrected chi connectivity index (χ3v) is 5.58. The molecule has 0 saturated carbocycles. The molecule has 1 heterocycles. The third kappa shape index (κ3) is 3.59. The lowest BCUT2D eigenvalue weighted by atomic mass is 9.84. The molecule has 4 nitrogen and oxygen atoms in total. The summed E-state index contributed by atoms with van der Waals surface area (Å²) >= 11 is 0. The molecular formula is C22H27NO3. The van der Waals surface area contributed by atoms with E-state index < -0.39 is 0 Å². The topological polar surface area (TPSA) is 56.3 Å². The molecule has 138 valence electrons. The van der Waals surface area contributed by atoms with Gasteiger partial charge in [0.25, 0.3) is 5.69 Å². The van der Waals surface area contributed by atoms with Crippen molar-refractivity contribution in [2.24, 2.45) is 5.92 Å². The van der Waals surface area contributed by atoms with Gasteiger partial charge in [0, 0.05) is 16.3 Å². The van der Waals surface area contributed by atoms with Crippen molar-refractivity contribution >= 4 is 27.6 Å². The average Bonchev–Trinajstić information content (AvgIpc) is 3.01. The van der Waals surface area contributed by atoms with Crippen molar-refractivity contribution < 1.29 is 9.34 Å². The third-order valence-electron chi connectivity index (χ3n) is 5.58. The molecule has 2 atom stereocenters. The molecule has 26 heavy (non-hydrogen) atoms. The van der Waals surface area contributed by atoms with Crippen LogP contribution in [-0.2, 0) is 0 Å². The molecule has 2 aromatic carbocycles. The van der Waals surface area contributed by atoms with Gasteiger partial charge in [-0.2, -0.15) is 0 Å². The first-order valence-corrected chi connectivity index (χ1v) is 9.62. The Hall–Kier alpha value is -2.36. The highest BCUT2D eigenvalue weighted by Crippen LogP contribution is 2.39. The van der Waals surface area contributed by atoms with Crippen molar-refractivity contribution in [3.8, 4) is 0 Å². The summed E-state index contributed by atoms with van der Waals surface area (Å²) in [6.45, 7) is 6.53. The van der Waals surface area contributed by atoms with E-state index in [1.54, 1.807) is 6.07 Å². The van der Waals surface area contributed by atoms with Crippen molar-refractivity contribution in [3.05, 3.63) is 52.1 Å². The van der Waals surface area contributed by atoms with Crippen LogP contribution in [0.15, 0.2) is 40.8 Å². The van der Waals surface area contributed by atoms with E-state index in [2.05, 4.69) is 20.8 Å². The lowest BCUT2D eigenvalue weighted by molar-refractivity contribution is -0.385. The van der Waals surface area contributed by atoms with Crippen molar-refractivity contribution in [1.29, 1.82) is 0 Å².